The lowest BCUT2D eigenvalue weighted by molar-refractivity contribution is -0.139. The van der Waals surface area contributed by atoms with Gasteiger partial charge in [-0.15, -0.1) is 0 Å². The third-order valence-electron chi connectivity index (χ3n) is 5.58. The SMILES string of the molecule is CC[C@@H](C)NC(=O)[C@@H](C)N(Cc1ccccc1F)C(=O)CN(c1ccc(Br)c(C)c1)S(C)(=O)=O. The van der Waals surface area contributed by atoms with E-state index in [1.807, 2.05) is 20.8 Å². The number of hydrogen-bond donors (Lipinski definition) is 1. The first kappa shape index (κ1) is 27.8. The molecule has 0 unspecified atom stereocenters. The maximum atomic E-state index is 14.4. The number of carbonyl (C=O) groups excluding carboxylic acids is 2. The third-order valence-corrected chi connectivity index (χ3v) is 7.61. The summed E-state index contributed by atoms with van der Waals surface area (Å²) in [5.74, 6) is -1.54. The van der Waals surface area contributed by atoms with Crippen molar-refractivity contribution in [2.75, 3.05) is 17.1 Å². The van der Waals surface area contributed by atoms with E-state index in [1.165, 1.54) is 23.1 Å². The van der Waals surface area contributed by atoms with E-state index in [0.29, 0.717) is 12.1 Å². The number of sulfonamides is 1. The van der Waals surface area contributed by atoms with Crippen LogP contribution in [0.15, 0.2) is 46.9 Å². The zero-order valence-electron chi connectivity index (χ0n) is 20.0. The molecule has 2 aromatic rings. The molecule has 0 spiro atoms. The van der Waals surface area contributed by atoms with Gasteiger partial charge in [0.1, 0.15) is 18.4 Å². The minimum absolute atomic E-state index is 0.112. The van der Waals surface area contributed by atoms with Crippen LogP contribution in [0, 0.1) is 12.7 Å². The number of nitrogens with one attached hydrogen (secondary N) is 1. The van der Waals surface area contributed by atoms with Crippen molar-refractivity contribution in [3.05, 3.63) is 63.9 Å². The van der Waals surface area contributed by atoms with Crippen LogP contribution in [-0.2, 0) is 26.2 Å². The summed E-state index contributed by atoms with van der Waals surface area (Å²) in [6.45, 7) is 6.40. The van der Waals surface area contributed by atoms with Gasteiger partial charge in [0.2, 0.25) is 21.8 Å². The molecule has 0 aliphatic heterocycles. The highest BCUT2D eigenvalue weighted by molar-refractivity contribution is 9.10. The second kappa shape index (κ2) is 11.8. The van der Waals surface area contributed by atoms with E-state index < -0.39 is 40.2 Å². The Morgan fingerprint density at radius 3 is 2.35 bits per heavy atom. The Morgan fingerprint density at radius 1 is 1.15 bits per heavy atom. The summed E-state index contributed by atoms with van der Waals surface area (Å²) < 4.78 is 41.4. The summed E-state index contributed by atoms with van der Waals surface area (Å²) in [5.41, 5.74) is 1.34. The average molecular weight is 556 g/mol. The second-order valence-corrected chi connectivity index (χ2v) is 11.1. The van der Waals surface area contributed by atoms with E-state index >= 15 is 0 Å². The molecule has 7 nitrogen and oxygen atoms in total. The first-order valence-corrected chi connectivity index (χ1v) is 13.6. The lowest BCUT2D eigenvalue weighted by atomic mass is 10.1. The molecule has 2 amide bonds. The monoisotopic (exact) mass is 555 g/mol. The van der Waals surface area contributed by atoms with E-state index in [2.05, 4.69) is 21.2 Å². The van der Waals surface area contributed by atoms with Gasteiger partial charge in [-0.3, -0.25) is 13.9 Å². The van der Waals surface area contributed by atoms with Crippen LogP contribution < -0.4 is 9.62 Å². The summed E-state index contributed by atoms with van der Waals surface area (Å²) in [6.07, 6.45) is 1.71. The predicted molar refractivity (Wildman–Crippen MR) is 135 cm³/mol. The molecule has 186 valence electrons. The van der Waals surface area contributed by atoms with E-state index in [0.717, 1.165) is 20.6 Å². The summed E-state index contributed by atoms with van der Waals surface area (Å²) in [6, 6.07) is 9.85. The molecule has 10 heteroatoms. The molecule has 0 aliphatic carbocycles. The molecule has 1 N–H and O–H groups in total. The lowest BCUT2D eigenvalue weighted by Gasteiger charge is -2.32. The number of rotatable bonds is 10. The number of halogens is 2. The van der Waals surface area contributed by atoms with Crippen LogP contribution in [0.3, 0.4) is 0 Å². The van der Waals surface area contributed by atoms with Gasteiger partial charge < -0.3 is 10.2 Å². The fraction of sp³-hybridized carbons (Fsp3) is 0.417. The molecule has 2 atom stereocenters. The van der Waals surface area contributed by atoms with Gasteiger partial charge in [-0.2, -0.15) is 0 Å². The molecule has 0 bridgehead atoms. The summed E-state index contributed by atoms with van der Waals surface area (Å²) in [4.78, 5) is 27.5. The minimum atomic E-state index is -3.83. The fourth-order valence-electron chi connectivity index (χ4n) is 3.26. The van der Waals surface area contributed by atoms with Crippen molar-refractivity contribution in [1.29, 1.82) is 0 Å². The second-order valence-electron chi connectivity index (χ2n) is 8.31. The number of amides is 2. The molecule has 0 aliphatic rings. The number of hydrogen-bond acceptors (Lipinski definition) is 4. The Bertz CT molecular complexity index is 1140. The minimum Gasteiger partial charge on any atom is -0.352 e. The maximum Gasteiger partial charge on any atom is 0.244 e. The average Bonchev–Trinajstić information content (AvgIpc) is 2.77. The highest BCUT2D eigenvalue weighted by Gasteiger charge is 2.31. The van der Waals surface area contributed by atoms with Gasteiger partial charge in [0.25, 0.3) is 0 Å². The van der Waals surface area contributed by atoms with E-state index in [4.69, 9.17) is 0 Å². The van der Waals surface area contributed by atoms with Crippen LogP contribution >= 0.6 is 15.9 Å². The van der Waals surface area contributed by atoms with Crippen LogP contribution in [0.1, 0.15) is 38.3 Å². The first-order valence-electron chi connectivity index (χ1n) is 10.9. The van der Waals surface area contributed by atoms with Crippen LogP contribution in [0.25, 0.3) is 0 Å². The van der Waals surface area contributed by atoms with Gasteiger partial charge in [0.05, 0.1) is 11.9 Å². The zero-order valence-corrected chi connectivity index (χ0v) is 22.4. The molecule has 0 aromatic heterocycles. The molecule has 34 heavy (non-hydrogen) atoms. The van der Waals surface area contributed by atoms with Crippen molar-refractivity contribution in [3.8, 4) is 0 Å². The molecular weight excluding hydrogens is 525 g/mol. The number of carbonyl (C=O) groups is 2. The number of benzene rings is 2. The summed E-state index contributed by atoms with van der Waals surface area (Å²) in [7, 11) is -3.83. The topological polar surface area (TPSA) is 86.8 Å². The molecular formula is C24H31BrFN3O4S. The molecule has 0 saturated heterocycles. The maximum absolute atomic E-state index is 14.4. The summed E-state index contributed by atoms with van der Waals surface area (Å²) in [5, 5.41) is 2.83. The van der Waals surface area contributed by atoms with E-state index in [9.17, 15) is 22.4 Å². The quantitative estimate of drug-likeness (QED) is 0.480. The Morgan fingerprint density at radius 2 is 1.79 bits per heavy atom. The Balaban J connectivity index is 2.42. The molecule has 0 saturated carbocycles. The molecule has 0 heterocycles. The van der Waals surface area contributed by atoms with Gasteiger partial charge in [0, 0.05) is 22.6 Å². The van der Waals surface area contributed by atoms with Crippen LogP contribution in [-0.4, -0.2) is 50.0 Å². The van der Waals surface area contributed by atoms with Crippen molar-refractivity contribution >= 4 is 43.5 Å². The number of anilines is 1. The first-order chi connectivity index (χ1) is 15.8. The van der Waals surface area contributed by atoms with Crippen LogP contribution in [0.4, 0.5) is 10.1 Å². The highest BCUT2D eigenvalue weighted by Crippen LogP contribution is 2.25. The number of nitrogens with zero attached hydrogens (tertiary/aromatic N) is 2. The lowest BCUT2D eigenvalue weighted by Crippen LogP contribution is -2.52. The van der Waals surface area contributed by atoms with Crippen LogP contribution in [0.5, 0.6) is 0 Å². The Hall–Kier alpha value is -2.46. The van der Waals surface area contributed by atoms with E-state index in [1.54, 1.807) is 31.2 Å². The van der Waals surface area contributed by atoms with Crippen molar-refractivity contribution in [2.45, 2.75) is 52.7 Å². The van der Waals surface area contributed by atoms with Gasteiger partial charge in [0.15, 0.2) is 0 Å². The largest absolute Gasteiger partial charge is 0.352 e. The van der Waals surface area contributed by atoms with Crippen molar-refractivity contribution in [1.82, 2.24) is 10.2 Å². The van der Waals surface area contributed by atoms with Crippen molar-refractivity contribution < 1.29 is 22.4 Å². The normalized spacial score (nSPS) is 13.1. The fourth-order valence-corrected chi connectivity index (χ4v) is 4.34. The summed E-state index contributed by atoms with van der Waals surface area (Å²) >= 11 is 3.38. The zero-order chi connectivity index (χ0) is 25.6. The molecule has 0 radical (unpaired) electrons. The van der Waals surface area contributed by atoms with E-state index in [-0.39, 0.29) is 18.2 Å². The standard InChI is InChI=1S/C24H31BrFN3O4S/c1-6-17(3)27-24(31)18(4)28(14-19-9-7-8-10-22(19)26)23(30)15-29(34(5,32)33)20-11-12-21(25)16(2)13-20/h7-13,17-18H,6,14-15H2,1-5H3,(H,27,31)/t17-,18-/m1/s1. The van der Waals surface area contributed by atoms with Gasteiger partial charge in [-0.1, -0.05) is 41.1 Å². The Kier molecular flexibility index (Phi) is 9.64. The van der Waals surface area contributed by atoms with Crippen LogP contribution in [0.2, 0.25) is 0 Å². The predicted octanol–water partition coefficient (Wildman–Crippen LogP) is 3.99. The van der Waals surface area contributed by atoms with Crippen molar-refractivity contribution in [2.24, 2.45) is 0 Å². The smallest absolute Gasteiger partial charge is 0.244 e. The number of aryl methyl sites for hydroxylation is 1. The van der Waals surface area contributed by atoms with Gasteiger partial charge in [-0.05, 0) is 57.0 Å². The molecule has 2 aromatic carbocycles. The molecule has 2 rings (SSSR count). The van der Waals surface area contributed by atoms with Crippen molar-refractivity contribution in [3.63, 3.8) is 0 Å². The molecule has 0 fully saturated rings. The van der Waals surface area contributed by atoms with Gasteiger partial charge >= 0.3 is 0 Å². The third kappa shape index (κ3) is 7.27. The highest BCUT2D eigenvalue weighted by atomic mass is 79.9. The van der Waals surface area contributed by atoms with Gasteiger partial charge in [-0.25, -0.2) is 12.8 Å². The Labute approximate surface area is 209 Å².